The molecule has 1 aliphatic rings. The lowest BCUT2D eigenvalue weighted by atomic mass is 9.87. The monoisotopic (exact) mass is 586 g/mol. The Labute approximate surface area is 256 Å². The maximum absolute atomic E-state index is 7.40. The van der Waals surface area contributed by atoms with Crippen molar-refractivity contribution in [1.82, 2.24) is 4.23 Å². The largest absolute Gasteiger partial charge is 0.398 e. The highest BCUT2D eigenvalue weighted by Crippen LogP contribution is 2.54. The maximum Gasteiger partial charge on any atom is 0.372 e. The van der Waals surface area contributed by atoms with Gasteiger partial charge in [0, 0.05) is 22.1 Å². The van der Waals surface area contributed by atoms with Crippen molar-refractivity contribution in [3.8, 4) is 0 Å². The van der Waals surface area contributed by atoms with Gasteiger partial charge in [0.25, 0.3) is 0 Å². The molecule has 0 aromatic heterocycles. The van der Waals surface area contributed by atoms with Crippen LogP contribution in [0.4, 0.5) is 0 Å². The molecule has 0 amide bonds. The molecule has 2 nitrogen and oxygen atoms in total. The van der Waals surface area contributed by atoms with Gasteiger partial charge in [0.15, 0.2) is 0 Å². The van der Waals surface area contributed by atoms with E-state index in [1.807, 2.05) is 0 Å². The number of nitrogens with zero attached hydrogens (tertiary/aromatic N) is 1. The summed E-state index contributed by atoms with van der Waals surface area (Å²) >= 11 is 0. The van der Waals surface area contributed by atoms with Gasteiger partial charge < -0.3 is 8.66 Å². The van der Waals surface area contributed by atoms with Crippen LogP contribution in [-0.2, 0) is 4.43 Å². The van der Waals surface area contributed by atoms with Crippen molar-refractivity contribution < 1.29 is 4.43 Å². The molecular weight excluding hydrogens is 543 g/mol. The molecule has 0 bridgehead atoms. The average molecular weight is 587 g/mol. The fourth-order valence-corrected chi connectivity index (χ4v) is 12.8. The summed E-state index contributed by atoms with van der Waals surface area (Å²) in [4.78, 5) is 0. The van der Waals surface area contributed by atoms with Crippen molar-refractivity contribution in [2.45, 2.75) is 65.3 Å². The molecule has 1 heterocycles. The Balaban J connectivity index is 2.05. The minimum absolute atomic E-state index is 0.0814. The summed E-state index contributed by atoms with van der Waals surface area (Å²) in [6.45, 7) is 18.9. The second-order valence-electron chi connectivity index (χ2n) is 13.6. The van der Waals surface area contributed by atoms with E-state index < -0.39 is 17.4 Å². The smallest absolute Gasteiger partial charge is 0.372 e. The topological polar surface area (TPSA) is 12.5 Å². The fraction of sp³-hybridized carbons (Fsp3) is 0.263. The minimum Gasteiger partial charge on any atom is -0.398 e. The molecule has 0 fully saturated rings. The van der Waals surface area contributed by atoms with Crippen LogP contribution in [0.3, 0.4) is 0 Å². The molecule has 4 aromatic carbocycles. The van der Waals surface area contributed by atoms with E-state index in [9.17, 15) is 0 Å². The van der Waals surface area contributed by atoms with Crippen LogP contribution in [0.5, 0.6) is 0 Å². The highest BCUT2D eigenvalue weighted by atomic mass is 28.4. The highest BCUT2D eigenvalue weighted by molar-refractivity contribution is 6.93. The van der Waals surface area contributed by atoms with E-state index in [-0.39, 0.29) is 10.6 Å². The zero-order valence-corrected chi connectivity index (χ0v) is 28.4. The quantitative estimate of drug-likeness (QED) is 0.208. The lowest BCUT2D eigenvalue weighted by Gasteiger charge is -2.54. The van der Waals surface area contributed by atoms with E-state index in [1.165, 1.54) is 44.3 Å². The van der Waals surface area contributed by atoms with Crippen molar-refractivity contribution in [2.24, 2.45) is 0 Å². The van der Waals surface area contributed by atoms with Crippen molar-refractivity contribution in [3.05, 3.63) is 144 Å². The van der Waals surface area contributed by atoms with Gasteiger partial charge >= 0.3 is 9.20 Å². The second-order valence-corrected chi connectivity index (χ2v) is 20.9. The molecule has 215 valence electrons. The van der Waals surface area contributed by atoms with Crippen molar-refractivity contribution in [2.75, 3.05) is 0 Å². The molecule has 0 spiro atoms. The van der Waals surface area contributed by atoms with E-state index in [0.717, 1.165) is 0 Å². The molecule has 0 aliphatic carbocycles. The van der Waals surface area contributed by atoms with Crippen LogP contribution in [0.25, 0.3) is 22.0 Å². The van der Waals surface area contributed by atoms with Gasteiger partial charge in [-0.25, -0.2) is 0 Å². The molecule has 4 heteroatoms. The fourth-order valence-electron chi connectivity index (χ4n) is 5.45. The van der Waals surface area contributed by atoms with E-state index in [0.29, 0.717) is 0 Å². The second kappa shape index (κ2) is 11.7. The molecule has 5 rings (SSSR count). The van der Waals surface area contributed by atoms with Crippen LogP contribution in [0.1, 0.15) is 63.8 Å². The summed E-state index contributed by atoms with van der Waals surface area (Å²) in [6.07, 6.45) is 0. The van der Waals surface area contributed by atoms with Gasteiger partial charge in [0.1, 0.15) is 8.24 Å². The van der Waals surface area contributed by atoms with Crippen LogP contribution in [0, 0.1) is 0 Å². The summed E-state index contributed by atoms with van der Waals surface area (Å²) in [5.41, 5.74) is 8.44. The summed E-state index contributed by atoms with van der Waals surface area (Å²) in [5.74, 6) is 0. The Morgan fingerprint density at radius 3 is 1.31 bits per heavy atom. The Hall–Kier alpha value is -3.45. The Kier molecular flexibility index (Phi) is 8.35. The summed E-state index contributed by atoms with van der Waals surface area (Å²) in [6, 6.07) is 44.0. The molecule has 0 saturated heterocycles. The lowest BCUT2D eigenvalue weighted by molar-refractivity contribution is 0.124. The predicted octanol–water partition coefficient (Wildman–Crippen LogP) is 10.3. The summed E-state index contributed by atoms with van der Waals surface area (Å²) in [5, 5.41) is 1.41. The zero-order chi connectivity index (χ0) is 30.1. The third-order valence-electron chi connectivity index (χ3n) is 8.41. The minimum atomic E-state index is -2.23. The van der Waals surface area contributed by atoms with Crippen LogP contribution in [0.2, 0.25) is 18.1 Å². The van der Waals surface area contributed by atoms with Crippen LogP contribution >= 0.6 is 0 Å². The Morgan fingerprint density at radius 2 is 0.905 bits per heavy atom. The number of allylic oxidation sites excluding steroid dienone is 2. The van der Waals surface area contributed by atoms with Gasteiger partial charge in [-0.3, -0.25) is 0 Å². The van der Waals surface area contributed by atoms with Crippen molar-refractivity contribution in [1.29, 1.82) is 0 Å². The van der Waals surface area contributed by atoms with Gasteiger partial charge in [-0.2, -0.15) is 0 Å². The average Bonchev–Trinajstić information content (AvgIpc) is 2.96. The van der Waals surface area contributed by atoms with E-state index in [4.69, 9.17) is 4.43 Å². The van der Waals surface area contributed by atoms with Gasteiger partial charge in [-0.15, -0.1) is 0 Å². The van der Waals surface area contributed by atoms with Crippen LogP contribution in [-0.4, -0.2) is 27.3 Å². The molecule has 1 radical (unpaired) electrons. The molecule has 0 N–H and O–H groups in total. The van der Waals surface area contributed by atoms with Gasteiger partial charge in [0.2, 0.25) is 0 Å². The molecular formula is C38H44NOSi2. The van der Waals surface area contributed by atoms with Gasteiger partial charge in [-0.05, 0) is 53.6 Å². The normalized spacial score (nSPS) is 15.4. The lowest BCUT2D eigenvalue weighted by Crippen LogP contribution is -2.63. The summed E-state index contributed by atoms with van der Waals surface area (Å²) in [7, 11) is -4.02. The first-order chi connectivity index (χ1) is 19.9. The van der Waals surface area contributed by atoms with Gasteiger partial charge in [-0.1, -0.05) is 155 Å². The summed E-state index contributed by atoms with van der Waals surface area (Å²) < 4.78 is 10.2. The molecule has 4 aromatic rings. The van der Waals surface area contributed by atoms with Crippen molar-refractivity contribution >= 4 is 39.5 Å². The zero-order valence-electron chi connectivity index (χ0n) is 26.4. The van der Waals surface area contributed by atoms with E-state index >= 15 is 0 Å². The van der Waals surface area contributed by atoms with Crippen LogP contribution in [0.15, 0.2) is 121 Å². The first kappa shape index (κ1) is 30.0. The van der Waals surface area contributed by atoms with Crippen molar-refractivity contribution in [3.63, 3.8) is 0 Å². The molecule has 42 heavy (non-hydrogen) atoms. The highest BCUT2D eigenvalue weighted by Gasteiger charge is 2.52. The number of hydrogen-bond acceptors (Lipinski definition) is 2. The molecule has 0 atom stereocenters. The van der Waals surface area contributed by atoms with E-state index in [2.05, 4.69) is 180 Å². The first-order valence-corrected chi connectivity index (χ1v) is 19.3. The Bertz CT molecular complexity index is 1560. The molecule has 0 unspecified atom stereocenters. The van der Waals surface area contributed by atoms with Gasteiger partial charge in [0.05, 0.1) is 0 Å². The SMILES string of the molecule is CC(C)(C)O[Si]1C(c2ccccc2)=C(c2ccccc2)C(c2ccccc2)=C(c2ccccc2)N1[Si](C)(C)C(C)(C)C. The number of rotatable bonds is 6. The molecule has 1 aliphatic heterocycles. The van der Waals surface area contributed by atoms with E-state index in [1.54, 1.807) is 0 Å². The Morgan fingerprint density at radius 1 is 0.524 bits per heavy atom. The predicted molar refractivity (Wildman–Crippen MR) is 185 cm³/mol. The third kappa shape index (κ3) is 5.89. The van der Waals surface area contributed by atoms with Crippen LogP contribution < -0.4 is 0 Å². The number of hydrogen-bond donors (Lipinski definition) is 0. The number of benzene rings is 4. The maximum atomic E-state index is 7.40. The standard InChI is InChI=1S/C38H44NOSi2/c1-37(2,3)40-41-36(32-27-19-12-20-28-32)34(30-23-15-10-16-24-30)33(29-21-13-9-14-22-29)35(31-25-17-11-18-26-31)39(41)42(7,8)38(4,5)6/h9-28H,1-8H3. The third-order valence-corrected chi connectivity index (χ3v) is 18.1. The first-order valence-electron chi connectivity index (χ1n) is 15.0. The molecule has 0 saturated carbocycles.